The van der Waals surface area contributed by atoms with E-state index in [1.165, 1.54) is 37.4 Å². The number of rotatable bonds is 7. The third-order valence-corrected chi connectivity index (χ3v) is 8.15. The molecule has 10 heteroatoms. The van der Waals surface area contributed by atoms with Crippen LogP contribution in [0.1, 0.15) is 45.8 Å². The predicted molar refractivity (Wildman–Crippen MR) is 142 cm³/mol. The normalized spacial score (nSPS) is 13.4. The largest absolute Gasteiger partial charge is 0.455 e. The van der Waals surface area contributed by atoms with E-state index in [-0.39, 0.29) is 23.3 Å². The Hall–Kier alpha value is -3.68. The van der Waals surface area contributed by atoms with Crippen molar-refractivity contribution in [3.63, 3.8) is 0 Å². The third kappa shape index (κ3) is 5.10. The molecule has 1 aromatic heterocycles. The van der Waals surface area contributed by atoms with Crippen molar-refractivity contribution in [2.45, 2.75) is 24.5 Å². The van der Waals surface area contributed by atoms with Crippen LogP contribution in [0, 0.1) is 17.1 Å². The molecule has 5 rings (SSSR count). The summed E-state index contributed by atoms with van der Waals surface area (Å²) in [4.78, 5) is 12.9. The van der Waals surface area contributed by atoms with Crippen LogP contribution >= 0.6 is 15.9 Å². The van der Waals surface area contributed by atoms with Gasteiger partial charge in [-0.25, -0.2) is 12.8 Å². The van der Waals surface area contributed by atoms with E-state index in [9.17, 15) is 22.9 Å². The molecule has 1 heterocycles. The van der Waals surface area contributed by atoms with Gasteiger partial charge in [-0.3, -0.25) is 9.52 Å². The van der Waals surface area contributed by atoms with Crippen LogP contribution in [-0.4, -0.2) is 21.4 Å². The number of furan rings is 1. The van der Waals surface area contributed by atoms with Gasteiger partial charge in [0.25, 0.3) is 5.91 Å². The van der Waals surface area contributed by atoms with Crippen LogP contribution in [0.3, 0.4) is 0 Å². The molecule has 0 spiro atoms. The average molecular weight is 582 g/mol. The van der Waals surface area contributed by atoms with Crippen molar-refractivity contribution in [1.29, 1.82) is 5.26 Å². The Kier molecular flexibility index (Phi) is 6.52. The van der Waals surface area contributed by atoms with Crippen molar-refractivity contribution in [1.82, 2.24) is 5.32 Å². The Morgan fingerprint density at radius 3 is 2.54 bits per heavy atom. The monoisotopic (exact) mass is 581 g/mol. The summed E-state index contributed by atoms with van der Waals surface area (Å²) in [7, 11) is -2.33. The number of nitrogens with one attached hydrogen (secondary N) is 2. The number of amides is 1. The highest BCUT2D eigenvalue weighted by Gasteiger charge is 2.31. The minimum atomic E-state index is -3.84. The minimum absolute atomic E-state index is 0.154. The summed E-state index contributed by atoms with van der Waals surface area (Å²) in [6, 6.07) is 15.9. The lowest BCUT2D eigenvalue weighted by Gasteiger charge is -2.13. The van der Waals surface area contributed by atoms with Gasteiger partial charge < -0.3 is 9.73 Å². The van der Waals surface area contributed by atoms with Gasteiger partial charge in [-0.2, -0.15) is 5.26 Å². The fourth-order valence-corrected chi connectivity index (χ4v) is 5.84. The molecular weight excluding hydrogens is 561 g/mol. The minimum Gasteiger partial charge on any atom is -0.455 e. The summed E-state index contributed by atoms with van der Waals surface area (Å²) in [5.74, 6) is -0.672. The Labute approximate surface area is 221 Å². The number of hydrogen-bond donors (Lipinski definition) is 2. The number of carbonyl (C=O) groups is 1. The van der Waals surface area contributed by atoms with Gasteiger partial charge in [-0.05, 0) is 88.3 Å². The highest BCUT2D eigenvalue weighted by molar-refractivity contribution is 9.10. The lowest BCUT2D eigenvalue weighted by atomic mass is 10.0. The lowest BCUT2D eigenvalue weighted by Crippen LogP contribution is -2.18. The van der Waals surface area contributed by atoms with Gasteiger partial charge in [0.15, 0.2) is 0 Å². The van der Waals surface area contributed by atoms with Gasteiger partial charge in [-0.1, -0.05) is 6.07 Å². The van der Waals surface area contributed by atoms with Crippen LogP contribution in [0.5, 0.6) is 0 Å². The number of halogens is 2. The molecule has 1 amide bonds. The summed E-state index contributed by atoms with van der Waals surface area (Å²) < 4.78 is 49.1. The van der Waals surface area contributed by atoms with E-state index >= 15 is 0 Å². The van der Waals surface area contributed by atoms with E-state index in [1.807, 2.05) is 6.07 Å². The van der Waals surface area contributed by atoms with E-state index in [4.69, 9.17) is 4.42 Å². The Morgan fingerprint density at radius 2 is 1.89 bits per heavy atom. The van der Waals surface area contributed by atoms with Gasteiger partial charge in [0.1, 0.15) is 23.2 Å². The average Bonchev–Trinajstić information content (AvgIpc) is 3.65. The zero-order chi connectivity index (χ0) is 26.3. The number of anilines is 1. The van der Waals surface area contributed by atoms with E-state index in [1.54, 1.807) is 24.3 Å². The van der Waals surface area contributed by atoms with Gasteiger partial charge in [0.2, 0.25) is 10.0 Å². The molecule has 3 aromatic carbocycles. The third-order valence-electron chi connectivity index (χ3n) is 6.21. The molecule has 1 fully saturated rings. The van der Waals surface area contributed by atoms with Crippen LogP contribution < -0.4 is 10.0 Å². The molecule has 0 aliphatic heterocycles. The van der Waals surface area contributed by atoms with Crippen LogP contribution in [0.4, 0.5) is 10.1 Å². The number of hydrogen-bond acceptors (Lipinski definition) is 5. The molecule has 2 N–H and O–H groups in total. The maximum atomic E-state index is 13.5. The first-order valence-corrected chi connectivity index (χ1v) is 13.9. The Morgan fingerprint density at radius 1 is 1.16 bits per heavy atom. The van der Waals surface area contributed by atoms with Gasteiger partial charge >= 0.3 is 0 Å². The first-order chi connectivity index (χ1) is 17.7. The molecule has 37 heavy (non-hydrogen) atoms. The van der Waals surface area contributed by atoms with Gasteiger partial charge in [0.05, 0.1) is 22.6 Å². The molecule has 0 radical (unpaired) electrons. The first-order valence-electron chi connectivity index (χ1n) is 11.5. The van der Waals surface area contributed by atoms with Crippen molar-refractivity contribution in [2.75, 3.05) is 11.8 Å². The number of benzene rings is 3. The fourth-order valence-electron chi connectivity index (χ4n) is 4.31. The van der Waals surface area contributed by atoms with Crippen LogP contribution in [-0.2, 0) is 15.8 Å². The molecule has 0 bridgehead atoms. The summed E-state index contributed by atoms with van der Waals surface area (Å²) in [5, 5.41) is 12.4. The predicted octanol–water partition coefficient (Wildman–Crippen LogP) is 6.05. The van der Waals surface area contributed by atoms with Crippen LogP contribution in [0.2, 0.25) is 0 Å². The van der Waals surface area contributed by atoms with Crippen molar-refractivity contribution >= 4 is 48.5 Å². The fraction of sp³-hybridized carbons (Fsp3) is 0.185. The SMILES string of the molecule is CNC(=O)c1c(-c2ccc(F)cc2)oc2cc(NS(=O)(=O)Cc3ccc(Br)c(C#N)c3)c(C3CC3)cc12. The van der Waals surface area contributed by atoms with Crippen molar-refractivity contribution in [2.24, 2.45) is 0 Å². The zero-order valence-electron chi connectivity index (χ0n) is 19.6. The van der Waals surface area contributed by atoms with Crippen molar-refractivity contribution < 1.29 is 22.0 Å². The standard InChI is InChI=1S/C27H21BrFN3O4S/c1-31-27(33)25-21-11-20(16-3-4-16)23(12-24(21)36-26(25)17-5-7-19(29)8-6-17)32-37(34,35)14-15-2-9-22(28)18(10-15)13-30/h2,5-12,16,32H,3-4,14H2,1H3,(H,31,33). The van der Waals surface area contributed by atoms with Crippen molar-refractivity contribution in [3.8, 4) is 17.4 Å². The molecule has 188 valence electrons. The molecule has 0 unspecified atom stereocenters. The van der Waals surface area contributed by atoms with Crippen LogP contribution in [0.15, 0.2) is 63.5 Å². The van der Waals surface area contributed by atoms with E-state index < -0.39 is 15.8 Å². The highest BCUT2D eigenvalue weighted by atomic mass is 79.9. The number of carbonyl (C=O) groups excluding carboxylic acids is 1. The van der Waals surface area contributed by atoms with Gasteiger partial charge in [-0.15, -0.1) is 0 Å². The lowest BCUT2D eigenvalue weighted by molar-refractivity contribution is 0.0964. The molecule has 0 saturated heterocycles. The maximum absolute atomic E-state index is 13.5. The first kappa shape index (κ1) is 25.0. The smallest absolute Gasteiger partial charge is 0.255 e. The zero-order valence-corrected chi connectivity index (χ0v) is 22.0. The number of sulfonamides is 1. The molecule has 7 nitrogen and oxygen atoms in total. The summed E-state index contributed by atoms with van der Waals surface area (Å²) in [5.41, 5.74) is 3.14. The quantitative estimate of drug-likeness (QED) is 0.276. The second kappa shape index (κ2) is 9.65. The number of fused-ring (bicyclic) bond motifs is 1. The molecule has 0 atom stereocenters. The summed E-state index contributed by atoms with van der Waals surface area (Å²) >= 11 is 3.28. The topological polar surface area (TPSA) is 112 Å². The highest BCUT2D eigenvalue weighted by Crippen LogP contribution is 2.47. The van der Waals surface area contributed by atoms with E-state index in [2.05, 4.69) is 26.0 Å². The van der Waals surface area contributed by atoms with Crippen LogP contribution in [0.25, 0.3) is 22.3 Å². The van der Waals surface area contributed by atoms with E-state index in [0.717, 1.165) is 18.4 Å². The second-order valence-electron chi connectivity index (χ2n) is 8.89. The summed E-state index contributed by atoms with van der Waals surface area (Å²) in [6.07, 6.45) is 1.80. The number of nitriles is 1. The maximum Gasteiger partial charge on any atom is 0.255 e. The van der Waals surface area contributed by atoms with Gasteiger partial charge in [0, 0.05) is 28.5 Å². The molecule has 1 aliphatic rings. The Balaban J connectivity index is 1.58. The van der Waals surface area contributed by atoms with E-state index in [0.29, 0.717) is 43.4 Å². The molecule has 1 saturated carbocycles. The number of nitrogens with zero attached hydrogens (tertiary/aromatic N) is 1. The molecule has 4 aromatic rings. The molecule has 1 aliphatic carbocycles. The Bertz CT molecular complexity index is 1690. The van der Waals surface area contributed by atoms with Crippen molar-refractivity contribution in [3.05, 3.63) is 87.1 Å². The summed E-state index contributed by atoms with van der Waals surface area (Å²) in [6.45, 7) is 0. The second-order valence-corrected chi connectivity index (χ2v) is 11.5. The molecular formula is C27H21BrFN3O4S.